The van der Waals surface area contributed by atoms with Crippen LogP contribution in [0.4, 0.5) is 0 Å². The van der Waals surface area contributed by atoms with Crippen molar-refractivity contribution in [2.24, 2.45) is 5.84 Å². The van der Waals surface area contributed by atoms with Gasteiger partial charge in [-0.15, -0.1) is 0 Å². The Hall–Kier alpha value is -0.950. The van der Waals surface area contributed by atoms with Crippen molar-refractivity contribution in [1.82, 2.24) is 10.3 Å². The fraction of sp³-hybridized carbons (Fsp3) is 0.462. The molecule has 0 bridgehead atoms. The molecule has 1 aromatic carbocycles. The second-order valence-electron chi connectivity index (χ2n) is 4.28. The molecular formula is C13H20BrN3O2. The fourth-order valence-corrected chi connectivity index (χ4v) is 2.37. The molecule has 0 saturated heterocycles. The minimum atomic E-state index is -0.312. The SMILES string of the molecule is CCCN(CCO)Cc1ccc(C(=O)NN)cc1Br. The molecule has 6 heteroatoms. The molecule has 0 unspecified atom stereocenters. The number of nitrogens with one attached hydrogen (secondary N) is 1. The molecule has 1 rings (SSSR count). The van der Waals surface area contributed by atoms with Crippen molar-refractivity contribution >= 4 is 21.8 Å². The van der Waals surface area contributed by atoms with Crippen molar-refractivity contribution in [3.63, 3.8) is 0 Å². The summed E-state index contributed by atoms with van der Waals surface area (Å²) in [5.41, 5.74) is 3.70. The number of hydrogen-bond acceptors (Lipinski definition) is 4. The van der Waals surface area contributed by atoms with Crippen LogP contribution in [0, 0.1) is 0 Å². The third-order valence-corrected chi connectivity index (χ3v) is 3.53. The van der Waals surface area contributed by atoms with Crippen LogP contribution >= 0.6 is 15.9 Å². The van der Waals surface area contributed by atoms with E-state index in [0.29, 0.717) is 12.1 Å². The van der Waals surface area contributed by atoms with Gasteiger partial charge < -0.3 is 5.11 Å². The van der Waals surface area contributed by atoms with Crippen molar-refractivity contribution in [2.45, 2.75) is 19.9 Å². The number of benzene rings is 1. The van der Waals surface area contributed by atoms with Crippen molar-refractivity contribution in [2.75, 3.05) is 19.7 Å². The number of nitrogen functional groups attached to an aromatic ring is 1. The van der Waals surface area contributed by atoms with Crippen LogP contribution in [0.2, 0.25) is 0 Å². The third-order valence-electron chi connectivity index (χ3n) is 2.80. The van der Waals surface area contributed by atoms with Crippen molar-refractivity contribution in [1.29, 1.82) is 0 Å². The molecule has 0 aliphatic rings. The molecule has 0 atom stereocenters. The minimum Gasteiger partial charge on any atom is -0.395 e. The number of aliphatic hydroxyl groups excluding tert-OH is 1. The Morgan fingerprint density at radius 1 is 1.47 bits per heavy atom. The Labute approximate surface area is 121 Å². The molecule has 19 heavy (non-hydrogen) atoms. The Balaban J connectivity index is 2.80. The highest BCUT2D eigenvalue weighted by atomic mass is 79.9. The molecular weight excluding hydrogens is 310 g/mol. The van der Waals surface area contributed by atoms with Gasteiger partial charge in [-0.1, -0.05) is 28.9 Å². The number of nitrogens with two attached hydrogens (primary N) is 1. The number of rotatable bonds is 7. The molecule has 5 nitrogen and oxygen atoms in total. The zero-order chi connectivity index (χ0) is 14.3. The van der Waals surface area contributed by atoms with Crippen LogP contribution < -0.4 is 11.3 Å². The summed E-state index contributed by atoms with van der Waals surface area (Å²) in [6, 6.07) is 5.39. The van der Waals surface area contributed by atoms with E-state index in [1.54, 1.807) is 12.1 Å². The highest BCUT2D eigenvalue weighted by Gasteiger charge is 2.10. The van der Waals surface area contributed by atoms with E-state index in [1.165, 1.54) is 0 Å². The van der Waals surface area contributed by atoms with Crippen LogP contribution in [0.3, 0.4) is 0 Å². The monoisotopic (exact) mass is 329 g/mol. The summed E-state index contributed by atoms with van der Waals surface area (Å²) in [5, 5.41) is 9.04. The van der Waals surface area contributed by atoms with E-state index in [-0.39, 0.29) is 12.5 Å². The van der Waals surface area contributed by atoms with E-state index in [9.17, 15) is 4.79 Å². The van der Waals surface area contributed by atoms with Crippen LogP contribution in [0.15, 0.2) is 22.7 Å². The molecule has 0 aliphatic heterocycles. The van der Waals surface area contributed by atoms with Crippen LogP contribution in [0.25, 0.3) is 0 Å². The maximum atomic E-state index is 11.4. The second kappa shape index (κ2) is 8.27. The second-order valence-corrected chi connectivity index (χ2v) is 5.13. The number of hydrogen-bond donors (Lipinski definition) is 3. The number of amides is 1. The number of nitrogens with zero attached hydrogens (tertiary/aromatic N) is 1. The molecule has 0 aliphatic carbocycles. The topological polar surface area (TPSA) is 78.6 Å². The molecule has 0 radical (unpaired) electrons. The van der Waals surface area contributed by atoms with E-state index in [1.807, 2.05) is 6.07 Å². The number of carbonyl (C=O) groups is 1. The van der Waals surface area contributed by atoms with E-state index >= 15 is 0 Å². The normalized spacial score (nSPS) is 10.8. The fourth-order valence-electron chi connectivity index (χ4n) is 1.87. The molecule has 0 heterocycles. The summed E-state index contributed by atoms with van der Waals surface area (Å²) in [7, 11) is 0. The average molecular weight is 330 g/mol. The van der Waals surface area contributed by atoms with Gasteiger partial charge in [0.15, 0.2) is 0 Å². The quantitative estimate of drug-likeness (QED) is 0.400. The lowest BCUT2D eigenvalue weighted by Crippen LogP contribution is -2.30. The van der Waals surface area contributed by atoms with Gasteiger partial charge in [-0.3, -0.25) is 15.1 Å². The maximum absolute atomic E-state index is 11.4. The Morgan fingerprint density at radius 2 is 2.21 bits per heavy atom. The van der Waals surface area contributed by atoms with Gasteiger partial charge in [-0.05, 0) is 30.7 Å². The molecule has 1 aromatic rings. The Bertz CT molecular complexity index is 420. The van der Waals surface area contributed by atoms with Crippen LogP contribution in [0.1, 0.15) is 29.3 Å². The summed E-state index contributed by atoms with van der Waals surface area (Å²) < 4.78 is 0.868. The molecule has 0 aromatic heterocycles. The van der Waals surface area contributed by atoms with Gasteiger partial charge in [0, 0.05) is 23.1 Å². The molecule has 0 spiro atoms. The third kappa shape index (κ3) is 4.91. The van der Waals surface area contributed by atoms with Crippen molar-refractivity contribution < 1.29 is 9.90 Å². The predicted octanol–water partition coefficient (Wildman–Crippen LogP) is 1.26. The summed E-state index contributed by atoms with van der Waals surface area (Å²) in [6.45, 7) is 4.56. The maximum Gasteiger partial charge on any atom is 0.265 e. The number of aliphatic hydroxyl groups is 1. The van der Waals surface area contributed by atoms with Gasteiger partial charge in [-0.2, -0.15) is 0 Å². The average Bonchev–Trinajstić information content (AvgIpc) is 2.40. The number of halogens is 1. The Morgan fingerprint density at radius 3 is 2.74 bits per heavy atom. The molecule has 1 amide bonds. The Kier molecular flexibility index (Phi) is 7.01. The standard InChI is InChI=1S/C13H20BrN3O2/c1-2-5-17(6-7-18)9-11-4-3-10(8-12(11)14)13(19)16-15/h3-4,8,18H,2,5-7,9,15H2,1H3,(H,16,19). The van der Waals surface area contributed by atoms with Gasteiger partial charge in [0.25, 0.3) is 5.91 Å². The van der Waals surface area contributed by atoms with E-state index in [2.05, 4.69) is 33.2 Å². The van der Waals surface area contributed by atoms with Gasteiger partial charge >= 0.3 is 0 Å². The van der Waals surface area contributed by atoms with Gasteiger partial charge in [0.05, 0.1) is 6.61 Å². The highest BCUT2D eigenvalue weighted by Crippen LogP contribution is 2.20. The molecule has 106 valence electrons. The minimum absolute atomic E-state index is 0.144. The first kappa shape index (κ1) is 16.1. The van der Waals surface area contributed by atoms with Crippen molar-refractivity contribution in [3.05, 3.63) is 33.8 Å². The molecule has 4 N–H and O–H groups in total. The summed E-state index contributed by atoms with van der Waals surface area (Å²) in [6.07, 6.45) is 1.03. The number of hydrazine groups is 1. The summed E-state index contributed by atoms with van der Waals surface area (Å²) in [5.74, 6) is 4.79. The zero-order valence-electron chi connectivity index (χ0n) is 11.0. The van der Waals surface area contributed by atoms with E-state index in [0.717, 1.165) is 29.5 Å². The van der Waals surface area contributed by atoms with E-state index in [4.69, 9.17) is 10.9 Å². The lowest BCUT2D eigenvalue weighted by Gasteiger charge is -2.21. The number of carbonyl (C=O) groups excluding carboxylic acids is 1. The zero-order valence-corrected chi connectivity index (χ0v) is 12.6. The summed E-state index contributed by atoms with van der Waals surface area (Å²) >= 11 is 3.47. The first-order valence-electron chi connectivity index (χ1n) is 6.25. The van der Waals surface area contributed by atoms with Gasteiger partial charge in [0.2, 0.25) is 0 Å². The van der Waals surface area contributed by atoms with Gasteiger partial charge in [-0.25, -0.2) is 5.84 Å². The van der Waals surface area contributed by atoms with Crippen LogP contribution in [-0.2, 0) is 6.54 Å². The predicted molar refractivity (Wildman–Crippen MR) is 78.4 cm³/mol. The largest absolute Gasteiger partial charge is 0.395 e. The first-order valence-corrected chi connectivity index (χ1v) is 7.04. The van der Waals surface area contributed by atoms with E-state index < -0.39 is 0 Å². The van der Waals surface area contributed by atoms with Gasteiger partial charge in [0.1, 0.15) is 0 Å². The lowest BCUT2D eigenvalue weighted by atomic mass is 10.1. The molecule has 0 fully saturated rings. The van der Waals surface area contributed by atoms with Crippen LogP contribution in [0.5, 0.6) is 0 Å². The van der Waals surface area contributed by atoms with Crippen molar-refractivity contribution in [3.8, 4) is 0 Å². The molecule has 0 saturated carbocycles. The smallest absolute Gasteiger partial charge is 0.265 e. The van der Waals surface area contributed by atoms with Crippen LogP contribution in [-0.4, -0.2) is 35.6 Å². The first-order chi connectivity index (χ1) is 9.12. The summed E-state index contributed by atoms with van der Waals surface area (Å²) in [4.78, 5) is 13.6. The highest BCUT2D eigenvalue weighted by molar-refractivity contribution is 9.10. The lowest BCUT2D eigenvalue weighted by molar-refractivity contribution is 0.0953.